The van der Waals surface area contributed by atoms with Gasteiger partial charge in [-0.25, -0.2) is 5.43 Å². The summed E-state index contributed by atoms with van der Waals surface area (Å²) < 4.78 is 8.85. The topological polar surface area (TPSA) is 62.7 Å². The summed E-state index contributed by atoms with van der Waals surface area (Å²) in [6.07, 6.45) is 1.59. The van der Waals surface area contributed by atoms with Gasteiger partial charge in [0.15, 0.2) is 0 Å². The van der Waals surface area contributed by atoms with E-state index in [-0.39, 0.29) is 12.5 Å². The highest BCUT2D eigenvalue weighted by atomic mass is 127. The van der Waals surface area contributed by atoms with Crippen LogP contribution in [-0.2, 0) is 11.4 Å². The maximum Gasteiger partial charge on any atom is 0.259 e. The molecular weight excluding hydrogens is 625 g/mol. The van der Waals surface area contributed by atoms with Crippen molar-refractivity contribution < 1.29 is 9.53 Å². The Bertz CT molecular complexity index is 1030. The van der Waals surface area contributed by atoms with Gasteiger partial charge in [0.05, 0.1) is 17.2 Å². The molecule has 0 saturated carbocycles. The van der Waals surface area contributed by atoms with Crippen molar-refractivity contribution >= 4 is 72.3 Å². The van der Waals surface area contributed by atoms with E-state index in [2.05, 4.69) is 70.3 Å². The fourth-order valence-corrected chi connectivity index (χ4v) is 3.56. The van der Waals surface area contributed by atoms with Gasteiger partial charge in [0.1, 0.15) is 12.4 Å². The lowest BCUT2D eigenvalue weighted by Crippen LogP contribution is -2.25. The van der Waals surface area contributed by atoms with Crippen molar-refractivity contribution in [3.63, 3.8) is 0 Å². The molecule has 154 valence electrons. The number of rotatable bonds is 8. The number of benzene rings is 3. The SMILES string of the molecule is O=C(CNc1ccc(I)cc1)N/N=C\c1ccc(OCc2ccc(Br)cc2)c(Br)c1. The molecule has 0 bridgehead atoms. The first kappa shape index (κ1) is 22.8. The minimum absolute atomic E-state index is 0.143. The van der Waals surface area contributed by atoms with Gasteiger partial charge in [0.25, 0.3) is 5.91 Å². The fourth-order valence-electron chi connectivity index (χ4n) is 2.42. The minimum atomic E-state index is -0.224. The number of nitrogens with one attached hydrogen (secondary N) is 2. The van der Waals surface area contributed by atoms with Crippen molar-refractivity contribution in [3.05, 3.63) is 90.4 Å². The molecule has 0 aliphatic heterocycles. The van der Waals surface area contributed by atoms with Crippen LogP contribution in [0.4, 0.5) is 5.69 Å². The molecule has 3 aromatic carbocycles. The van der Waals surface area contributed by atoms with Crippen LogP contribution in [0.5, 0.6) is 5.75 Å². The van der Waals surface area contributed by atoms with Crippen LogP contribution < -0.4 is 15.5 Å². The first-order valence-electron chi connectivity index (χ1n) is 8.98. The van der Waals surface area contributed by atoms with Crippen molar-refractivity contribution in [2.45, 2.75) is 6.61 Å². The maximum atomic E-state index is 11.9. The number of halogens is 3. The molecule has 5 nitrogen and oxygen atoms in total. The van der Waals surface area contributed by atoms with Gasteiger partial charge in [-0.1, -0.05) is 28.1 Å². The van der Waals surface area contributed by atoms with Gasteiger partial charge in [-0.15, -0.1) is 0 Å². The van der Waals surface area contributed by atoms with Crippen molar-refractivity contribution in [3.8, 4) is 5.75 Å². The summed E-state index contributed by atoms with van der Waals surface area (Å²) in [6, 6.07) is 21.4. The third-order valence-electron chi connectivity index (χ3n) is 3.96. The summed E-state index contributed by atoms with van der Waals surface area (Å²) in [5.41, 5.74) is 5.32. The zero-order valence-electron chi connectivity index (χ0n) is 15.7. The summed E-state index contributed by atoms with van der Waals surface area (Å²) in [7, 11) is 0. The Kier molecular flexibility index (Phi) is 8.71. The minimum Gasteiger partial charge on any atom is -0.488 e. The number of carbonyl (C=O) groups excluding carboxylic acids is 1. The number of hydrogen-bond donors (Lipinski definition) is 2. The van der Waals surface area contributed by atoms with E-state index in [0.29, 0.717) is 6.61 Å². The molecule has 0 fully saturated rings. The normalized spacial score (nSPS) is 10.8. The number of anilines is 1. The fraction of sp³-hybridized carbons (Fsp3) is 0.0909. The first-order valence-corrected chi connectivity index (χ1v) is 11.6. The van der Waals surface area contributed by atoms with Crippen LogP contribution >= 0.6 is 54.5 Å². The van der Waals surface area contributed by atoms with E-state index >= 15 is 0 Å². The molecule has 0 aromatic heterocycles. The second-order valence-electron chi connectivity index (χ2n) is 6.26. The van der Waals surface area contributed by atoms with Gasteiger partial charge < -0.3 is 10.1 Å². The van der Waals surface area contributed by atoms with E-state index in [1.54, 1.807) is 6.21 Å². The van der Waals surface area contributed by atoms with E-state index in [4.69, 9.17) is 4.74 Å². The van der Waals surface area contributed by atoms with Crippen LogP contribution in [0.3, 0.4) is 0 Å². The van der Waals surface area contributed by atoms with Gasteiger partial charge in [-0.3, -0.25) is 4.79 Å². The molecule has 0 saturated heterocycles. The number of hydrogen-bond acceptors (Lipinski definition) is 4. The molecule has 0 aliphatic rings. The molecule has 3 rings (SSSR count). The number of nitrogens with zero attached hydrogens (tertiary/aromatic N) is 1. The van der Waals surface area contributed by atoms with Crippen LogP contribution in [0.15, 0.2) is 80.8 Å². The monoisotopic (exact) mass is 641 g/mol. The highest BCUT2D eigenvalue weighted by molar-refractivity contribution is 14.1. The van der Waals surface area contributed by atoms with Crippen molar-refractivity contribution in [1.29, 1.82) is 0 Å². The molecule has 1 amide bonds. The van der Waals surface area contributed by atoms with E-state index < -0.39 is 0 Å². The number of ether oxygens (including phenoxy) is 1. The van der Waals surface area contributed by atoms with E-state index in [0.717, 1.165) is 35.1 Å². The van der Waals surface area contributed by atoms with Crippen LogP contribution in [0.2, 0.25) is 0 Å². The van der Waals surface area contributed by atoms with E-state index in [1.165, 1.54) is 0 Å². The zero-order chi connectivity index (χ0) is 21.3. The van der Waals surface area contributed by atoms with Crippen molar-refractivity contribution in [2.24, 2.45) is 5.10 Å². The summed E-state index contributed by atoms with van der Waals surface area (Å²) in [4.78, 5) is 11.9. The predicted molar refractivity (Wildman–Crippen MR) is 136 cm³/mol. The zero-order valence-corrected chi connectivity index (χ0v) is 21.1. The second-order valence-corrected chi connectivity index (χ2v) is 9.27. The van der Waals surface area contributed by atoms with Crippen LogP contribution in [0, 0.1) is 3.57 Å². The molecular formula is C22H18Br2IN3O2. The average molecular weight is 643 g/mol. The third-order valence-corrected chi connectivity index (χ3v) is 5.83. The van der Waals surface area contributed by atoms with E-state index in [9.17, 15) is 4.79 Å². The third kappa shape index (κ3) is 7.41. The van der Waals surface area contributed by atoms with Gasteiger partial charge in [0, 0.05) is 13.7 Å². The van der Waals surface area contributed by atoms with Crippen molar-refractivity contribution in [2.75, 3.05) is 11.9 Å². The Morgan fingerprint density at radius 1 is 1.03 bits per heavy atom. The Labute approximate surface area is 205 Å². The Balaban J connectivity index is 1.47. The number of hydrazone groups is 1. The number of carbonyl (C=O) groups is 1. The molecule has 0 spiro atoms. The Hall–Kier alpha value is -1.91. The Morgan fingerprint density at radius 3 is 2.47 bits per heavy atom. The van der Waals surface area contributed by atoms with Crippen LogP contribution in [0.1, 0.15) is 11.1 Å². The molecule has 30 heavy (non-hydrogen) atoms. The molecule has 0 atom stereocenters. The second kappa shape index (κ2) is 11.5. The van der Waals surface area contributed by atoms with Gasteiger partial charge in [0.2, 0.25) is 0 Å². The number of amides is 1. The summed E-state index contributed by atoms with van der Waals surface area (Å²) >= 11 is 9.17. The maximum absolute atomic E-state index is 11.9. The lowest BCUT2D eigenvalue weighted by Gasteiger charge is -2.09. The summed E-state index contributed by atoms with van der Waals surface area (Å²) in [5.74, 6) is 0.513. The molecule has 0 aliphatic carbocycles. The van der Waals surface area contributed by atoms with Crippen molar-refractivity contribution in [1.82, 2.24) is 5.43 Å². The van der Waals surface area contributed by atoms with E-state index in [1.807, 2.05) is 66.7 Å². The molecule has 3 aromatic rings. The standard InChI is InChI=1S/C22H18Br2IN3O2/c23-17-4-1-15(2-5-17)14-30-21-10-3-16(11-20(21)24)12-27-28-22(29)13-26-19-8-6-18(25)7-9-19/h1-12,26H,13-14H2,(H,28,29)/b27-12-. The molecule has 0 heterocycles. The summed E-state index contributed by atoms with van der Waals surface area (Å²) in [6.45, 7) is 0.618. The molecule has 0 radical (unpaired) electrons. The lowest BCUT2D eigenvalue weighted by molar-refractivity contribution is -0.119. The van der Waals surface area contributed by atoms with Gasteiger partial charge in [-0.2, -0.15) is 5.10 Å². The van der Waals surface area contributed by atoms with Gasteiger partial charge in [-0.05, 0) is 104 Å². The summed E-state index contributed by atoms with van der Waals surface area (Å²) in [5, 5.41) is 7.06. The highest BCUT2D eigenvalue weighted by Crippen LogP contribution is 2.26. The highest BCUT2D eigenvalue weighted by Gasteiger charge is 2.04. The first-order chi connectivity index (χ1) is 14.5. The van der Waals surface area contributed by atoms with Crippen LogP contribution in [-0.4, -0.2) is 18.7 Å². The van der Waals surface area contributed by atoms with Gasteiger partial charge >= 0.3 is 0 Å². The molecule has 2 N–H and O–H groups in total. The average Bonchev–Trinajstić information content (AvgIpc) is 2.74. The Morgan fingerprint density at radius 2 is 1.77 bits per heavy atom. The predicted octanol–water partition coefficient (Wildman–Crippen LogP) is 5.96. The largest absolute Gasteiger partial charge is 0.488 e. The lowest BCUT2D eigenvalue weighted by atomic mass is 10.2. The smallest absolute Gasteiger partial charge is 0.259 e. The quantitative estimate of drug-likeness (QED) is 0.181. The molecule has 8 heteroatoms. The molecule has 0 unspecified atom stereocenters. The van der Waals surface area contributed by atoms with Crippen LogP contribution in [0.25, 0.3) is 0 Å².